The molecule has 0 bridgehead atoms. The van der Waals surface area contributed by atoms with Gasteiger partial charge in [0.1, 0.15) is 5.75 Å². The Morgan fingerprint density at radius 1 is 1.45 bits per heavy atom. The van der Waals surface area contributed by atoms with Crippen molar-refractivity contribution in [3.63, 3.8) is 0 Å². The van der Waals surface area contributed by atoms with Gasteiger partial charge >= 0.3 is 6.18 Å². The number of hydrogen-bond donors (Lipinski definition) is 1. The second-order valence-corrected chi connectivity index (χ2v) is 5.37. The molecule has 7 heteroatoms. The predicted octanol–water partition coefficient (Wildman–Crippen LogP) is 2.15. The minimum atomic E-state index is -4.42. The first-order valence-corrected chi connectivity index (χ1v) is 7.12. The minimum Gasteiger partial charge on any atom is -0.484 e. The molecule has 1 heterocycles. The summed E-state index contributed by atoms with van der Waals surface area (Å²) in [5.41, 5.74) is -0.785. The van der Waals surface area contributed by atoms with E-state index in [2.05, 4.69) is 5.32 Å². The molecule has 1 atom stereocenters. The number of alkyl halides is 3. The number of benzene rings is 1. The Balaban J connectivity index is 1.87. The molecule has 122 valence electrons. The summed E-state index contributed by atoms with van der Waals surface area (Å²) in [7, 11) is 1.86. The molecule has 1 aromatic rings. The zero-order valence-electron chi connectivity index (χ0n) is 12.3. The topological polar surface area (TPSA) is 41.6 Å². The highest BCUT2D eigenvalue weighted by molar-refractivity contribution is 5.78. The highest BCUT2D eigenvalue weighted by Gasteiger charge is 2.31. The van der Waals surface area contributed by atoms with Gasteiger partial charge in [0.15, 0.2) is 6.61 Å². The van der Waals surface area contributed by atoms with Crippen molar-refractivity contribution in [3.05, 3.63) is 29.8 Å². The van der Waals surface area contributed by atoms with Crippen molar-refractivity contribution in [2.75, 3.05) is 33.3 Å². The highest BCUT2D eigenvalue weighted by atomic mass is 19.4. The highest BCUT2D eigenvalue weighted by Crippen LogP contribution is 2.31. The number of amides is 1. The molecule has 0 aliphatic carbocycles. The second-order valence-electron chi connectivity index (χ2n) is 5.37. The maximum absolute atomic E-state index is 12.6. The molecule has 22 heavy (non-hydrogen) atoms. The SMILES string of the molecule is CNC[C@H]1CCN(C(=O)COc2cccc(C(F)(F)F)c2)C1. The Kier molecular flexibility index (Phi) is 5.28. The zero-order valence-corrected chi connectivity index (χ0v) is 12.3. The van der Waals surface area contributed by atoms with Crippen LogP contribution in [0, 0.1) is 5.92 Å². The van der Waals surface area contributed by atoms with Gasteiger partial charge in [-0.2, -0.15) is 13.2 Å². The first-order valence-electron chi connectivity index (χ1n) is 7.12. The summed E-state index contributed by atoms with van der Waals surface area (Å²) in [6.07, 6.45) is -3.49. The van der Waals surface area contributed by atoms with Gasteiger partial charge in [-0.15, -0.1) is 0 Å². The van der Waals surface area contributed by atoms with Gasteiger partial charge in [0.25, 0.3) is 5.91 Å². The van der Waals surface area contributed by atoms with Crippen LogP contribution in [0.2, 0.25) is 0 Å². The summed E-state index contributed by atoms with van der Waals surface area (Å²) in [4.78, 5) is 13.7. The molecule has 0 spiro atoms. The number of halogens is 3. The van der Waals surface area contributed by atoms with Crippen LogP contribution in [0.1, 0.15) is 12.0 Å². The first-order chi connectivity index (χ1) is 10.4. The van der Waals surface area contributed by atoms with Gasteiger partial charge in [-0.05, 0) is 44.1 Å². The lowest BCUT2D eigenvalue weighted by Crippen LogP contribution is -2.34. The number of ether oxygens (including phenoxy) is 1. The van der Waals surface area contributed by atoms with Crippen molar-refractivity contribution >= 4 is 5.91 Å². The van der Waals surface area contributed by atoms with Gasteiger partial charge < -0.3 is 15.0 Å². The van der Waals surface area contributed by atoms with E-state index in [1.54, 1.807) is 4.90 Å². The Morgan fingerprint density at radius 3 is 2.91 bits per heavy atom. The fraction of sp³-hybridized carbons (Fsp3) is 0.533. The van der Waals surface area contributed by atoms with Crippen LogP contribution in [0.15, 0.2) is 24.3 Å². The van der Waals surface area contributed by atoms with E-state index in [-0.39, 0.29) is 18.3 Å². The normalized spacial score (nSPS) is 18.5. The van der Waals surface area contributed by atoms with Crippen LogP contribution in [-0.2, 0) is 11.0 Å². The molecule has 0 radical (unpaired) electrons. The molecule has 0 saturated carbocycles. The zero-order chi connectivity index (χ0) is 16.2. The van der Waals surface area contributed by atoms with Crippen molar-refractivity contribution < 1.29 is 22.7 Å². The Hall–Kier alpha value is -1.76. The largest absolute Gasteiger partial charge is 0.484 e. The number of likely N-dealkylation sites (tertiary alicyclic amines) is 1. The quantitative estimate of drug-likeness (QED) is 0.905. The summed E-state index contributed by atoms with van der Waals surface area (Å²) < 4.78 is 43.0. The Bertz CT molecular complexity index is 520. The van der Waals surface area contributed by atoms with Crippen LogP contribution in [0.25, 0.3) is 0 Å². The third-order valence-electron chi connectivity index (χ3n) is 3.66. The fourth-order valence-electron chi connectivity index (χ4n) is 2.51. The molecule has 1 amide bonds. The lowest BCUT2D eigenvalue weighted by molar-refractivity contribution is -0.137. The summed E-state index contributed by atoms with van der Waals surface area (Å²) >= 11 is 0. The van der Waals surface area contributed by atoms with Crippen LogP contribution in [0.4, 0.5) is 13.2 Å². The van der Waals surface area contributed by atoms with Crippen LogP contribution >= 0.6 is 0 Å². The van der Waals surface area contributed by atoms with E-state index < -0.39 is 11.7 Å². The van der Waals surface area contributed by atoms with E-state index in [1.165, 1.54) is 12.1 Å². The summed E-state index contributed by atoms with van der Waals surface area (Å²) in [5.74, 6) is 0.271. The van der Waals surface area contributed by atoms with Crippen LogP contribution in [0.3, 0.4) is 0 Å². The maximum atomic E-state index is 12.6. The van der Waals surface area contributed by atoms with Gasteiger partial charge in [0.05, 0.1) is 5.56 Å². The predicted molar refractivity (Wildman–Crippen MR) is 75.6 cm³/mol. The number of nitrogens with zero attached hydrogens (tertiary/aromatic N) is 1. The molecule has 1 aliphatic heterocycles. The third-order valence-corrected chi connectivity index (χ3v) is 3.66. The van der Waals surface area contributed by atoms with Crippen LogP contribution in [0.5, 0.6) is 5.75 Å². The van der Waals surface area contributed by atoms with Gasteiger partial charge in [0, 0.05) is 13.1 Å². The van der Waals surface area contributed by atoms with E-state index >= 15 is 0 Å². The van der Waals surface area contributed by atoms with Gasteiger partial charge in [-0.3, -0.25) is 4.79 Å². The van der Waals surface area contributed by atoms with Crippen LogP contribution in [-0.4, -0.2) is 44.1 Å². The smallest absolute Gasteiger partial charge is 0.416 e. The van der Waals surface area contributed by atoms with Crippen molar-refractivity contribution in [3.8, 4) is 5.75 Å². The summed E-state index contributed by atoms with van der Waals surface area (Å²) in [6.45, 7) is 1.93. The average molecular weight is 316 g/mol. The lowest BCUT2D eigenvalue weighted by atomic mass is 10.1. The monoisotopic (exact) mass is 316 g/mol. The second kappa shape index (κ2) is 7.00. The molecule has 0 aromatic heterocycles. The van der Waals surface area contributed by atoms with Gasteiger partial charge in [-0.1, -0.05) is 6.07 Å². The lowest BCUT2D eigenvalue weighted by Gasteiger charge is -2.17. The molecule has 1 aliphatic rings. The summed E-state index contributed by atoms with van der Waals surface area (Å²) in [5, 5.41) is 3.07. The molecule has 4 nitrogen and oxygen atoms in total. The van der Waals surface area contributed by atoms with Crippen molar-refractivity contribution in [2.45, 2.75) is 12.6 Å². The van der Waals surface area contributed by atoms with E-state index in [0.717, 1.165) is 25.1 Å². The number of carbonyl (C=O) groups excluding carboxylic acids is 1. The Morgan fingerprint density at radius 2 is 2.23 bits per heavy atom. The fourth-order valence-corrected chi connectivity index (χ4v) is 2.51. The molecule has 1 fully saturated rings. The van der Waals surface area contributed by atoms with Crippen molar-refractivity contribution in [1.82, 2.24) is 10.2 Å². The number of hydrogen-bond acceptors (Lipinski definition) is 3. The van der Waals surface area contributed by atoms with E-state index in [1.807, 2.05) is 7.05 Å². The van der Waals surface area contributed by atoms with Crippen molar-refractivity contribution in [2.24, 2.45) is 5.92 Å². The first kappa shape index (κ1) is 16.6. The molecule has 2 rings (SSSR count). The van der Waals surface area contributed by atoms with Gasteiger partial charge in [-0.25, -0.2) is 0 Å². The number of carbonyl (C=O) groups is 1. The average Bonchev–Trinajstić information content (AvgIpc) is 2.93. The summed E-state index contributed by atoms with van der Waals surface area (Å²) in [6, 6.07) is 4.55. The number of rotatable bonds is 5. The number of nitrogens with one attached hydrogen (secondary N) is 1. The van der Waals surface area contributed by atoms with Gasteiger partial charge in [0.2, 0.25) is 0 Å². The van der Waals surface area contributed by atoms with Crippen molar-refractivity contribution in [1.29, 1.82) is 0 Å². The molecule has 1 aromatic carbocycles. The third kappa shape index (κ3) is 4.37. The molecule has 1 N–H and O–H groups in total. The Labute approximate surface area is 127 Å². The molecular formula is C15H19F3N2O2. The van der Waals surface area contributed by atoms with Crippen LogP contribution < -0.4 is 10.1 Å². The maximum Gasteiger partial charge on any atom is 0.416 e. The standard InChI is InChI=1S/C15H19F3N2O2/c1-19-8-11-5-6-20(9-11)14(21)10-22-13-4-2-3-12(7-13)15(16,17)18/h2-4,7,11,19H,5-6,8-10H2,1H3/t11-/m1/s1. The van der Waals surface area contributed by atoms with E-state index in [0.29, 0.717) is 19.0 Å². The molecular weight excluding hydrogens is 297 g/mol. The van der Waals surface area contributed by atoms with E-state index in [4.69, 9.17) is 4.74 Å². The minimum absolute atomic E-state index is 0.0501. The molecule has 0 unspecified atom stereocenters. The van der Waals surface area contributed by atoms with E-state index in [9.17, 15) is 18.0 Å². The molecule has 1 saturated heterocycles.